The van der Waals surface area contributed by atoms with Gasteiger partial charge in [0.05, 0.1) is 44.2 Å². The summed E-state index contributed by atoms with van der Waals surface area (Å²) in [6.45, 7) is 5.11. The number of fused-ring (bicyclic) bond motifs is 5. The van der Waals surface area contributed by atoms with Crippen LogP contribution in [-0.4, -0.2) is 126 Å². The molecule has 4 N–H and O–H groups in total. The number of ether oxygens (including phenoxy) is 2. The van der Waals surface area contributed by atoms with Crippen molar-refractivity contribution < 1.29 is 55.7 Å². The fraction of sp³-hybridized carbons (Fsp3) is 0.486. The second kappa shape index (κ2) is 18.9. The zero-order chi connectivity index (χ0) is 45.3. The lowest BCUT2D eigenvalue weighted by atomic mass is 9.99. The number of aromatic amines is 1. The highest BCUT2D eigenvalue weighted by molar-refractivity contribution is 8.07. The van der Waals surface area contributed by atoms with Gasteiger partial charge in [0.1, 0.15) is 25.1 Å². The molecular weight excluding hydrogens is 903 g/mol. The number of hydrogen-bond acceptors (Lipinski definition) is 18. The molecule has 8 rings (SSSR count). The quantitative estimate of drug-likeness (QED) is 0.0834. The van der Waals surface area contributed by atoms with Crippen LogP contribution in [0, 0.1) is 18.4 Å². The van der Waals surface area contributed by atoms with Crippen LogP contribution in [0.2, 0.25) is 0 Å². The van der Waals surface area contributed by atoms with Crippen LogP contribution in [0.3, 0.4) is 0 Å². The number of anilines is 2. The summed E-state index contributed by atoms with van der Waals surface area (Å²) in [6.07, 6.45) is -6.88. The maximum absolute atomic E-state index is 17.1. The molecule has 0 spiro atoms. The van der Waals surface area contributed by atoms with Crippen LogP contribution >= 0.6 is 14.3 Å². The first-order valence-electron chi connectivity index (χ1n) is 19.9. The van der Waals surface area contributed by atoms with E-state index >= 15 is 4.39 Å². The van der Waals surface area contributed by atoms with Gasteiger partial charge in [0.2, 0.25) is 18.4 Å². The molecule has 3 fully saturated rings. The molecule has 7 heterocycles. The molecule has 0 radical (unpaired) electrons. The molecule has 0 saturated carbocycles. The number of imidazole rings is 2. The zero-order valence-corrected chi connectivity index (χ0v) is 36.9. The number of carbonyl (C=O) groups is 2. The van der Waals surface area contributed by atoms with Gasteiger partial charge in [-0.3, -0.25) is 47.4 Å². The van der Waals surface area contributed by atoms with Crippen molar-refractivity contribution in [2.24, 2.45) is 11.8 Å². The van der Waals surface area contributed by atoms with Gasteiger partial charge in [0.15, 0.2) is 46.8 Å². The topological polar surface area (TPSA) is 272 Å². The van der Waals surface area contributed by atoms with Crippen molar-refractivity contribution >= 4 is 72.0 Å². The van der Waals surface area contributed by atoms with Crippen molar-refractivity contribution in [3.8, 4) is 0 Å². The van der Waals surface area contributed by atoms with Crippen LogP contribution < -0.4 is 16.2 Å². The Hall–Kier alpha value is -4.96. The molecule has 10 atom stereocenters. The Morgan fingerprint density at radius 2 is 1.78 bits per heavy atom. The Labute approximate surface area is 367 Å². The van der Waals surface area contributed by atoms with Gasteiger partial charge in [-0.05, 0) is 30.4 Å². The predicted molar refractivity (Wildman–Crippen MR) is 226 cm³/mol. The molecule has 340 valence electrons. The van der Waals surface area contributed by atoms with Gasteiger partial charge in [-0.1, -0.05) is 32.0 Å². The molecule has 5 aromatic rings. The number of nitrogens with zero attached hydrogens (tertiary/aromatic N) is 8. The van der Waals surface area contributed by atoms with E-state index in [1.807, 2.05) is 0 Å². The Morgan fingerprint density at radius 1 is 1.05 bits per heavy atom. The Bertz CT molecular complexity index is 2740. The molecule has 1 aromatic carbocycles. The second-order valence-corrected chi connectivity index (χ2v) is 20.3. The van der Waals surface area contributed by atoms with Gasteiger partial charge in [-0.15, -0.1) is 0 Å². The number of amides is 2. The largest absolute Gasteiger partial charge is 0.396 e. The molecule has 2 amide bonds. The standard InChI is InChI=1S/C37H42FN11O12P2S/c1-19(2)32(51)46-37-45-31-26(34(53)47-37)43-18-49(31)36-27-21(14-50)23(59-36)15-57-63(64,56-12-11-39-3)61-28-22(10-13-62(54,55-4)60-27)58-35(24(28)38)48-17-42-25-29(40-16-41-30(25)48)44-33(52)20-8-6-5-7-9-20/h5-9,16-19,21-24,27-28,35-36,50H,10-15H2,1-2,4H3,(H,40,41,44,52)(H2,45,46,47,51,53). The summed E-state index contributed by atoms with van der Waals surface area (Å²) in [7, 11) is -3.06. The van der Waals surface area contributed by atoms with Crippen molar-refractivity contribution in [3.63, 3.8) is 0 Å². The maximum Gasteiger partial charge on any atom is 0.330 e. The van der Waals surface area contributed by atoms with Crippen LogP contribution in [0.15, 0.2) is 54.1 Å². The van der Waals surface area contributed by atoms with Gasteiger partial charge in [-0.2, -0.15) is 4.98 Å². The summed E-state index contributed by atoms with van der Waals surface area (Å²) in [6, 6.07) is 8.42. The normalized spacial score (nSPS) is 29.7. The van der Waals surface area contributed by atoms with Gasteiger partial charge < -0.3 is 38.3 Å². The van der Waals surface area contributed by atoms with Crippen molar-refractivity contribution in [1.82, 2.24) is 39.0 Å². The average molecular weight is 946 g/mol. The summed E-state index contributed by atoms with van der Waals surface area (Å²) in [5, 5.41) is 16.1. The van der Waals surface area contributed by atoms with E-state index in [1.54, 1.807) is 44.2 Å². The molecule has 64 heavy (non-hydrogen) atoms. The van der Waals surface area contributed by atoms with Crippen LogP contribution in [0.5, 0.6) is 0 Å². The molecule has 10 unspecified atom stereocenters. The van der Waals surface area contributed by atoms with E-state index in [0.717, 1.165) is 7.11 Å². The second-order valence-electron chi connectivity index (χ2n) is 15.1. The highest BCUT2D eigenvalue weighted by Crippen LogP contribution is 2.58. The number of H-pyrrole nitrogens is 1. The smallest absolute Gasteiger partial charge is 0.330 e. The highest BCUT2D eigenvalue weighted by atomic mass is 32.5. The minimum atomic E-state index is -4.22. The number of carbonyl (C=O) groups excluding carboxylic acids is 2. The summed E-state index contributed by atoms with van der Waals surface area (Å²) < 4.78 is 77.3. The number of alkyl halides is 1. The summed E-state index contributed by atoms with van der Waals surface area (Å²) >= 11 is 5.84. The molecule has 27 heteroatoms. The van der Waals surface area contributed by atoms with Gasteiger partial charge >= 0.3 is 14.3 Å². The number of benzene rings is 1. The molecule has 2 bridgehead atoms. The van der Waals surface area contributed by atoms with E-state index in [1.165, 1.54) is 28.1 Å². The Kier molecular flexibility index (Phi) is 13.4. The first-order chi connectivity index (χ1) is 30.7. The first kappa shape index (κ1) is 45.6. The molecule has 23 nitrogen and oxygen atoms in total. The Morgan fingerprint density at radius 3 is 2.50 bits per heavy atom. The van der Waals surface area contributed by atoms with E-state index in [0.29, 0.717) is 5.56 Å². The monoisotopic (exact) mass is 945 g/mol. The number of rotatable bonds is 11. The fourth-order valence-electron chi connectivity index (χ4n) is 7.39. The average Bonchev–Trinajstić information content (AvgIpc) is 4.06. The summed E-state index contributed by atoms with van der Waals surface area (Å²) in [5.74, 6) is -2.46. The lowest BCUT2D eigenvalue weighted by molar-refractivity contribution is -0.118. The van der Waals surface area contributed by atoms with Crippen LogP contribution in [0.4, 0.5) is 16.2 Å². The number of aliphatic hydroxyl groups excluding tert-OH is 1. The third-order valence-electron chi connectivity index (χ3n) is 10.7. The van der Waals surface area contributed by atoms with Crippen LogP contribution in [-0.2, 0) is 53.3 Å². The summed E-state index contributed by atoms with van der Waals surface area (Å²) in [5.41, 5.74) is -0.267. The fourth-order valence-corrected chi connectivity index (χ4v) is 11.1. The van der Waals surface area contributed by atoms with Gasteiger partial charge in [0, 0.05) is 24.5 Å². The van der Waals surface area contributed by atoms with E-state index < -0.39 is 106 Å². The Balaban J connectivity index is 1.13. The molecular formula is C37H42FN11O12P2S. The number of hydrogen-bond donors (Lipinski definition) is 4. The number of nitrogens with one attached hydrogen (secondary N) is 3. The van der Waals surface area contributed by atoms with Gasteiger partial charge in [0.25, 0.3) is 11.5 Å². The lowest BCUT2D eigenvalue weighted by Crippen LogP contribution is -2.33. The predicted octanol–water partition coefficient (Wildman–Crippen LogP) is 3.74. The highest BCUT2D eigenvalue weighted by Gasteiger charge is 2.54. The van der Waals surface area contributed by atoms with E-state index in [2.05, 4.69) is 45.4 Å². The van der Waals surface area contributed by atoms with E-state index in [4.69, 9.17) is 50.5 Å². The minimum absolute atomic E-state index is 0.0471. The van der Waals surface area contributed by atoms with E-state index in [-0.39, 0.29) is 53.7 Å². The first-order valence-corrected chi connectivity index (χ1v) is 24.1. The third-order valence-corrected chi connectivity index (χ3v) is 15.0. The van der Waals surface area contributed by atoms with Crippen LogP contribution in [0.25, 0.3) is 27.2 Å². The van der Waals surface area contributed by atoms with Crippen molar-refractivity contribution in [2.75, 3.05) is 50.3 Å². The minimum Gasteiger partial charge on any atom is -0.396 e. The molecule has 0 aliphatic carbocycles. The lowest BCUT2D eigenvalue weighted by Gasteiger charge is -2.29. The van der Waals surface area contributed by atoms with Crippen molar-refractivity contribution in [2.45, 2.75) is 63.3 Å². The van der Waals surface area contributed by atoms with Crippen molar-refractivity contribution in [1.29, 1.82) is 0 Å². The molecule has 3 aliphatic rings. The third kappa shape index (κ3) is 9.13. The van der Waals surface area contributed by atoms with Gasteiger partial charge in [-0.25, -0.2) is 30.9 Å². The number of aromatic nitrogens is 8. The molecule has 3 aliphatic heterocycles. The van der Waals surface area contributed by atoms with Crippen molar-refractivity contribution in [3.05, 3.63) is 76.6 Å². The van der Waals surface area contributed by atoms with E-state index in [9.17, 15) is 24.1 Å². The number of aliphatic hydroxyl groups is 1. The molecule has 3 saturated heterocycles. The van der Waals surface area contributed by atoms with Crippen LogP contribution in [0.1, 0.15) is 43.1 Å². The number of halogens is 1. The SMILES string of the molecule is [C-]#[N+]CCOP1(=S)OCC2OC(n3cnc4c(=O)[nH]c(NC(=O)C(C)C)nc43)C(OP(=O)(OC)CCC3OC(n4cnc5c(NC(=O)c6ccccc6)ncnc54)C(F)C3O1)C2CO. The summed E-state index contributed by atoms with van der Waals surface area (Å²) in [4.78, 5) is 65.9. The zero-order valence-electron chi connectivity index (χ0n) is 34.3. The molecule has 4 aromatic heterocycles. The maximum atomic E-state index is 17.1.